The van der Waals surface area contributed by atoms with Gasteiger partial charge in [-0.2, -0.15) is 0 Å². The Labute approximate surface area is 191 Å². The van der Waals surface area contributed by atoms with Crippen molar-refractivity contribution in [2.45, 2.75) is 19.9 Å². The number of amides is 1. The number of carbonyl (C=O) groups is 2. The molecule has 6 heteroatoms. The standard InChI is InChI=1S/C26H22ClNO4/c1-15-14-18(12-13-21(15)32-3)24(29)22-23(17-8-5-4-6-9-17)28(26(31)25(22)30)20-11-7-10-19(27)16(20)2/h4-14,23,29H,1-3H3/b24-22+. The number of aliphatic hydroxyl groups is 1. The molecule has 1 atom stereocenters. The first kappa shape index (κ1) is 21.7. The predicted octanol–water partition coefficient (Wildman–Crippen LogP) is 5.59. The van der Waals surface area contributed by atoms with Gasteiger partial charge in [-0.3, -0.25) is 14.5 Å². The van der Waals surface area contributed by atoms with Gasteiger partial charge in [-0.25, -0.2) is 0 Å². The minimum atomic E-state index is -0.796. The number of nitrogens with zero attached hydrogens (tertiary/aromatic N) is 1. The van der Waals surface area contributed by atoms with Crippen LogP contribution in [-0.4, -0.2) is 23.9 Å². The number of rotatable bonds is 4. The Morgan fingerprint density at radius 2 is 1.72 bits per heavy atom. The van der Waals surface area contributed by atoms with E-state index in [1.807, 2.05) is 37.3 Å². The van der Waals surface area contributed by atoms with Gasteiger partial charge in [0.25, 0.3) is 11.7 Å². The number of benzene rings is 3. The Hall–Kier alpha value is -3.57. The number of ether oxygens (including phenoxy) is 1. The van der Waals surface area contributed by atoms with Crippen molar-refractivity contribution in [1.29, 1.82) is 0 Å². The Balaban J connectivity index is 1.96. The molecule has 1 aliphatic rings. The van der Waals surface area contributed by atoms with Crippen LogP contribution >= 0.6 is 11.6 Å². The fraction of sp³-hybridized carbons (Fsp3) is 0.154. The number of aliphatic hydroxyl groups excluding tert-OH is 1. The fourth-order valence-electron chi connectivity index (χ4n) is 4.07. The molecule has 32 heavy (non-hydrogen) atoms. The van der Waals surface area contributed by atoms with Crippen LogP contribution in [0, 0.1) is 13.8 Å². The molecule has 1 aliphatic heterocycles. The SMILES string of the molecule is COc1ccc(/C(O)=C2\C(=O)C(=O)N(c3cccc(Cl)c3C)C2c2ccccc2)cc1C. The van der Waals surface area contributed by atoms with Crippen LogP contribution in [-0.2, 0) is 9.59 Å². The summed E-state index contributed by atoms with van der Waals surface area (Å²) in [6.45, 7) is 3.64. The topological polar surface area (TPSA) is 66.8 Å². The summed E-state index contributed by atoms with van der Waals surface area (Å²) in [6, 6.07) is 18.7. The Bertz CT molecular complexity index is 1250. The molecular weight excluding hydrogens is 426 g/mol. The third-order valence-corrected chi connectivity index (χ3v) is 6.14. The molecule has 1 unspecified atom stereocenters. The fourth-order valence-corrected chi connectivity index (χ4v) is 4.24. The van der Waals surface area contributed by atoms with E-state index in [2.05, 4.69) is 0 Å². The molecule has 1 fully saturated rings. The van der Waals surface area contributed by atoms with E-state index in [1.165, 1.54) is 4.90 Å². The zero-order valence-electron chi connectivity index (χ0n) is 17.9. The molecule has 0 aliphatic carbocycles. The average molecular weight is 448 g/mol. The largest absolute Gasteiger partial charge is 0.507 e. The molecule has 0 saturated carbocycles. The van der Waals surface area contributed by atoms with E-state index < -0.39 is 17.7 Å². The quantitative estimate of drug-likeness (QED) is 0.321. The molecule has 1 heterocycles. The molecule has 0 radical (unpaired) electrons. The number of aryl methyl sites for hydroxylation is 1. The van der Waals surface area contributed by atoms with Gasteiger partial charge >= 0.3 is 0 Å². The number of methoxy groups -OCH3 is 1. The zero-order valence-corrected chi connectivity index (χ0v) is 18.7. The second kappa shape index (κ2) is 8.52. The van der Waals surface area contributed by atoms with Crippen LogP contribution in [0.3, 0.4) is 0 Å². The van der Waals surface area contributed by atoms with Gasteiger partial charge in [-0.15, -0.1) is 0 Å². The average Bonchev–Trinajstić information content (AvgIpc) is 3.06. The van der Waals surface area contributed by atoms with Crippen molar-refractivity contribution in [3.05, 3.63) is 99.6 Å². The smallest absolute Gasteiger partial charge is 0.300 e. The molecule has 1 N–H and O–H groups in total. The summed E-state index contributed by atoms with van der Waals surface area (Å²) >= 11 is 6.31. The normalized spacial score (nSPS) is 17.6. The molecule has 162 valence electrons. The van der Waals surface area contributed by atoms with Gasteiger partial charge in [-0.1, -0.05) is 48.0 Å². The lowest BCUT2D eigenvalue weighted by Gasteiger charge is -2.27. The van der Waals surface area contributed by atoms with Crippen molar-refractivity contribution in [3.63, 3.8) is 0 Å². The number of Topliss-reactive ketones (excluding diaryl/α,β-unsaturated/α-hetero) is 1. The molecule has 0 aromatic heterocycles. The maximum absolute atomic E-state index is 13.2. The number of hydrogen-bond acceptors (Lipinski definition) is 4. The number of hydrogen-bond donors (Lipinski definition) is 1. The maximum Gasteiger partial charge on any atom is 0.300 e. The van der Waals surface area contributed by atoms with Crippen molar-refractivity contribution >= 4 is 34.7 Å². The highest BCUT2D eigenvalue weighted by molar-refractivity contribution is 6.52. The second-order valence-corrected chi connectivity index (χ2v) is 8.06. The summed E-state index contributed by atoms with van der Waals surface area (Å²) in [7, 11) is 1.57. The number of ketones is 1. The molecule has 1 saturated heterocycles. The first-order chi connectivity index (χ1) is 15.3. The van der Waals surface area contributed by atoms with Gasteiger partial charge in [-0.05, 0) is 60.9 Å². The summed E-state index contributed by atoms with van der Waals surface area (Å²) in [5, 5.41) is 11.7. The van der Waals surface area contributed by atoms with Gasteiger partial charge in [0.2, 0.25) is 0 Å². The highest BCUT2D eigenvalue weighted by Gasteiger charge is 2.47. The molecule has 4 rings (SSSR count). The molecular formula is C26H22ClNO4. The summed E-state index contributed by atoms with van der Waals surface area (Å²) < 4.78 is 5.29. The Morgan fingerprint density at radius 3 is 2.38 bits per heavy atom. The van der Waals surface area contributed by atoms with E-state index >= 15 is 0 Å². The van der Waals surface area contributed by atoms with Gasteiger partial charge in [0.15, 0.2) is 0 Å². The van der Waals surface area contributed by atoms with Crippen molar-refractivity contribution in [2.24, 2.45) is 0 Å². The van der Waals surface area contributed by atoms with Crippen LogP contribution in [0.5, 0.6) is 5.75 Å². The summed E-state index contributed by atoms with van der Waals surface area (Å²) in [5.41, 5.74) is 3.18. The summed E-state index contributed by atoms with van der Waals surface area (Å²) in [4.78, 5) is 27.9. The zero-order chi connectivity index (χ0) is 23.0. The molecule has 3 aromatic rings. The van der Waals surface area contributed by atoms with E-state index in [4.69, 9.17) is 16.3 Å². The monoisotopic (exact) mass is 447 g/mol. The van der Waals surface area contributed by atoms with E-state index in [9.17, 15) is 14.7 Å². The summed E-state index contributed by atoms with van der Waals surface area (Å²) in [5.74, 6) is -1.03. The second-order valence-electron chi connectivity index (χ2n) is 7.65. The lowest BCUT2D eigenvalue weighted by molar-refractivity contribution is -0.132. The third-order valence-electron chi connectivity index (χ3n) is 5.73. The first-order valence-electron chi connectivity index (χ1n) is 10.1. The van der Waals surface area contributed by atoms with E-state index in [1.54, 1.807) is 50.4 Å². The van der Waals surface area contributed by atoms with Crippen LogP contribution < -0.4 is 9.64 Å². The minimum absolute atomic E-state index is 0.0325. The molecule has 0 bridgehead atoms. The van der Waals surface area contributed by atoms with Crippen LogP contribution in [0.15, 0.2) is 72.3 Å². The Morgan fingerprint density at radius 1 is 1.00 bits per heavy atom. The highest BCUT2D eigenvalue weighted by Crippen LogP contribution is 2.44. The van der Waals surface area contributed by atoms with Gasteiger partial charge in [0.05, 0.1) is 18.7 Å². The minimum Gasteiger partial charge on any atom is -0.507 e. The van der Waals surface area contributed by atoms with Crippen LogP contribution in [0.1, 0.15) is 28.3 Å². The van der Waals surface area contributed by atoms with E-state index in [-0.39, 0.29) is 11.3 Å². The van der Waals surface area contributed by atoms with Crippen molar-refractivity contribution in [3.8, 4) is 5.75 Å². The summed E-state index contributed by atoms with van der Waals surface area (Å²) in [6.07, 6.45) is 0. The Kier molecular flexibility index (Phi) is 5.76. The highest BCUT2D eigenvalue weighted by atomic mass is 35.5. The third kappa shape index (κ3) is 3.55. The molecule has 1 amide bonds. The molecule has 0 spiro atoms. The predicted molar refractivity (Wildman–Crippen MR) is 125 cm³/mol. The van der Waals surface area contributed by atoms with Gasteiger partial charge < -0.3 is 9.84 Å². The first-order valence-corrected chi connectivity index (χ1v) is 10.5. The van der Waals surface area contributed by atoms with Crippen molar-refractivity contribution in [2.75, 3.05) is 12.0 Å². The molecule has 5 nitrogen and oxygen atoms in total. The number of anilines is 1. The lowest BCUT2D eigenvalue weighted by Crippen LogP contribution is -2.30. The van der Waals surface area contributed by atoms with Crippen molar-refractivity contribution < 1.29 is 19.4 Å². The van der Waals surface area contributed by atoms with Crippen LogP contribution in [0.2, 0.25) is 5.02 Å². The van der Waals surface area contributed by atoms with Gasteiger partial charge in [0, 0.05) is 16.3 Å². The number of halogens is 1. The van der Waals surface area contributed by atoms with Crippen molar-refractivity contribution in [1.82, 2.24) is 0 Å². The van der Waals surface area contributed by atoms with E-state index in [0.717, 1.165) is 5.56 Å². The van der Waals surface area contributed by atoms with Crippen LogP contribution in [0.4, 0.5) is 5.69 Å². The lowest BCUT2D eigenvalue weighted by atomic mass is 9.94. The maximum atomic E-state index is 13.2. The number of carbonyl (C=O) groups excluding carboxylic acids is 2. The van der Waals surface area contributed by atoms with E-state index in [0.29, 0.717) is 33.1 Å². The van der Waals surface area contributed by atoms with Crippen LogP contribution in [0.25, 0.3) is 5.76 Å². The van der Waals surface area contributed by atoms with Gasteiger partial charge in [0.1, 0.15) is 11.5 Å². The molecule has 3 aromatic carbocycles.